The van der Waals surface area contributed by atoms with Gasteiger partial charge in [0.2, 0.25) is 0 Å². The summed E-state index contributed by atoms with van der Waals surface area (Å²) in [5.41, 5.74) is 6.13. The quantitative estimate of drug-likeness (QED) is 0.636. The molecule has 0 heterocycles. The smallest absolute Gasteiger partial charge is 0.327 e. The molecule has 0 aromatic heterocycles. The Bertz CT molecular complexity index is 196. The van der Waals surface area contributed by atoms with E-state index in [2.05, 4.69) is 0 Å². The lowest BCUT2D eigenvalue weighted by Gasteiger charge is -2.26. The molecule has 0 aliphatic heterocycles. The van der Waals surface area contributed by atoms with Crippen LogP contribution in [0.3, 0.4) is 0 Å². The maximum Gasteiger partial charge on any atom is 0.392 e. The van der Waals surface area contributed by atoms with Crippen molar-refractivity contribution in [3.05, 3.63) is 11.6 Å². The van der Waals surface area contributed by atoms with Crippen molar-refractivity contribution in [3.63, 3.8) is 0 Å². The minimum absolute atomic E-state index is 0.153. The molecule has 0 bridgehead atoms. The Balaban J connectivity index is 2.57. The predicted molar refractivity (Wildman–Crippen MR) is 45.2 cm³/mol. The summed E-state index contributed by atoms with van der Waals surface area (Å²) in [7, 11) is 0. The Labute approximate surface area is 75.8 Å². The molecular weight excluding hydrogens is 179 g/mol. The van der Waals surface area contributed by atoms with E-state index in [4.69, 9.17) is 5.73 Å². The van der Waals surface area contributed by atoms with Gasteiger partial charge in [-0.25, -0.2) is 0 Å². The molecule has 1 aliphatic carbocycles. The van der Waals surface area contributed by atoms with Crippen molar-refractivity contribution in [2.24, 2.45) is 11.7 Å². The molecular formula is C9H14F3N. The van der Waals surface area contributed by atoms with Gasteiger partial charge in [-0.2, -0.15) is 13.2 Å². The fraction of sp³-hybridized carbons (Fsp3) is 0.778. The highest BCUT2D eigenvalue weighted by Crippen LogP contribution is 2.39. The Hall–Kier alpha value is -0.510. The monoisotopic (exact) mass is 193 g/mol. The lowest BCUT2D eigenvalue weighted by Crippen LogP contribution is -2.26. The van der Waals surface area contributed by atoms with Gasteiger partial charge in [0.15, 0.2) is 0 Å². The van der Waals surface area contributed by atoms with Crippen LogP contribution in [0.5, 0.6) is 0 Å². The minimum atomic E-state index is -4.03. The Kier molecular flexibility index (Phi) is 3.36. The first kappa shape index (κ1) is 10.6. The number of nitrogens with two attached hydrogens (primary N) is 1. The van der Waals surface area contributed by atoms with Crippen LogP contribution in [-0.2, 0) is 0 Å². The van der Waals surface area contributed by atoms with Crippen LogP contribution >= 0.6 is 0 Å². The summed E-state index contributed by atoms with van der Waals surface area (Å²) in [6.45, 7) is 0.347. The number of halogens is 3. The van der Waals surface area contributed by atoms with E-state index < -0.39 is 12.1 Å². The number of hydrogen-bond acceptors (Lipinski definition) is 1. The van der Waals surface area contributed by atoms with E-state index in [1.54, 1.807) is 6.08 Å². The highest BCUT2D eigenvalue weighted by molar-refractivity contribution is 5.07. The SMILES string of the molecule is NCC=C1CCCC(C(F)(F)F)C1. The summed E-state index contributed by atoms with van der Waals surface area (Å²) in [5, 5.41) is 0. The van der Waals surface area contributed by atoms with Crippen LogP contribution < -0.4 is 5.73 Å². The third-order valence-corrected chi connectivity index (χ3v) is 2.43. The molecule has 1 atom stereocenters. The fourth-order valence-corrected chi connectivity index (χ4v) is 1.73. The van der Waals surface area contributed by atoms with E-state index in [1.165, 1.54) is 0 Å². The van der Waals surface area contributed by atoms with Gasteiger partial charge in [-0.1, -0.05) is 11.6 Å². The van der Waals surface area contributed by atoms with Gasteiger partial charge >= 0.3 is 6.18 Å². The van der Waals surface area contributed by atoms with Crippen molar-refractivity contribution in [2.45, 2.75) is 31.9 Å². The Morgan fingerprint density at radius 3 is 2.69 bits per heavy atom. The number of hydrogen-bond donors (Lipinski definition) is 1. The normalized spacial score (nSPS) is 28.0. The van der Waals surface area contributed by atoms with Crippen molar-refractivity contribution in [3.8, 4) is 0 Å². The summed E-state index contributed by atoms with van der Waals surface area (Å²) < 4.78 is 36.9. The van der Waals surface area contributed by atoms with Gasteiger partial charge in [0.1, 0.15) is 0 Å². The molecule has 4 heteroatoms. The van der Waals surface area contributed by atoms with E-state index in [0.29, 0.717) is 13.0 Å². The van der Waals surface area contributed by atoms with E-state index >= 15 is 0 Å². The summed E-state index contributed by atoms with van der Waals surface area (Å²) in [4.78, 5) is 0. The lowest BCUT2D eigenvalue weighted by atomic mass is 9.85. The topological polar surface area (TPSA) is 26.0 Å². The summed E-state index contributed by atoms with van der Waals surface area (Å²) >= 11 is 0. The first-order valence-electron chi connectivity index (χ1n) is 4.48. The predicted octanol–water partition coefficient (Wildman–Crippen LogP) is 2.62. The molecule has 13 heavy (non-hydrogen) atoms. The van der Waals surface area contributed by atoms with Crippen LogP contribution in [0.2, 0.25) is 0 Å². The van der Waals surface area contributed by atoms with E-state index in [0.717, 1.165) is 12.0 Å². The van der Waals surface area contributed by atoms with Gasteiger partial charge < -0.3 is 5.73 Å². The van der Waals surface area contributed by atoms with Crippen molar-refractivity contribution < 1.29 is 13.2 Å². The van der Waals surface area contributed by atoms with E-state index in [9.17, 15) is 13.2 Å². The zero-order valence-electron chi connectivity index (χ0n) is 7.40. The lowest BCUT2D eigenvalue weighted by molar-refractivity contribution is -0.178. The molecule has 76 valence electrons. The van der Waals surface area contributed by atoms with Crippen molar-refractivity contribution in [1.29, 1.82) is 0 Å². The minimum Gasteiger partial charge on any atom is -0.327 e. The van der Waals surface area contributed by atoms with E-state index in [1.807, 2.05) is 0 Å². The third kappa shape index (κ3) is 3.03. The van der Waals surface area contributed by atoms with Crippen molar-refractivity contribution >= 4 is 0 Å². The summed E-state index contributed by atoms with van der Waals surface area (Å²) in [6, 6.07) is 0. The van der Waals surface area contributed by atoms with Crippen LogP contribution in [0.1, 0.15) is 25.7 Å². The number of alkyl halides is 3. The van der Waals surface area contributed by atoms with Crippen LogP contribution in [0.25, 0.3) is 0 Å². The molecule has 0 aromatic rings. The van der Waals surface area contributed by atoms with Gasteiger partial charge in [0.05, 0.1) is 5.92 Å². The van der Waals surface area contributed by atoms with Crippen LogP contribution in [-0.4, -0.2) is 12.7 Å². The van der Waals surface area contributed by atoms with Crippen LogP contribution in [0.4, 0.5) is 13.2 Å². The highest BCUT2D eigenvalue weighted by atomic mass is 19.4. The highest BCUT2D eigenvalue weighted by Gasteiger charge is 2.40. The molecule has 1 fully saturated rings. The molecule has 0 spiro atoms. The average molecular weight is 193 g/mol. The van der Waals surface area contributed by atoms with Gasteiger partial charge in [-0.05, 0) is 25.7 Å². The molecule has 0 amide bonds. The maximum atomic E-state index is 12.3. The molecule has 1 aliphatic rings. The third-order valence-electron chi connectivity index (χ3n) is 2.43. The Morgan fingerprint density at radius 1 is 1.46 bits per heavy atom. The van der Waals surface area contributed by atoms with Crippen LogP contribution in [0.15, 0.2) is 11.6 Å². The summed E-state index contributed by atoms with van der Waals surface area (Å²) in [5.74, 6) is -1.14. The molecule has 1 nitrogen and oxygen atoms in total. The molecule has 0 radical (unpaired) electrons. The van der Waals surface area contributed by atoms with Gasteiger partial charge in [0.25, 0.3) is 0 Å². The molecule has 0 aromatic carbocycles. The van der Waals surface area contributed by atoms with Crippen molar-refractivity contribution in [2.75, 3.05) is 6.54 Å². The Morgan fingerprint density at radius 2 is 2.15 bits per heavy atom. The van der Waals surface area contributed by atoms with Gasteiger partial charge in [0, 0.05) is 6.54 Å². The molecule has 2 N–H and O–H groups in total. The van der Waals surface area contributed by atoms with Gasteiger partial charge in [-0.15, -0.1) is 0 Å². The largest absolute Gasteiger partial charge is 0.392 e. The summed E-state index contributed by atoms with van der Waals surface area (Å²) in [6.07, 6.45) is -0.474. The first-order chi connectivity index (χ1) is 6.04. The average Bonchev–Trinajstić information content (AvgIpc) is 2.04. The van der Waals surface area contributed by atoms with Crippen LogP contribution in [0, 0.1) is 5.92 Å². The second-order valence-electron chi connectivity index (χ2n) is 3.43. The van der Waals surface area contributed by atoms with Crippen molar-refractivity contribution in [1.82, 2.24) is 0 Å². The fourth-order valence-electron chi connectivity index (χ4n) is 1.73. The molecule has 1 saturated carbocycles. The molecule has 1 unspecified atom stereocenters. The standard InChI is InChI=1S/C9H14F3N/c10-9(11,12)8-3-1-2-7(6-8)4-5-13/h4,8H,1-3,5-6,13H2. The zero-order chi connectivity index (χ0) is 9.90. The molecule has 1 rings (SSSR count). The zero-order valence-corrected chi connectivity index (χ0v) is 7.40. The molecule has 0 saturated heterocycles. The number of rotatable bonds is 1. The van der Waals surface area contributed by atoms with E-state index in [-0.39, 0.29) is 12.8 Å². The number of allylic oxidation sites excluding steroid dienone is 1. The second-order valence-corrected chi connectivity index (χ2v) is 3.43. The maximum absolute atomic E-state index is 12.3. The van der Waals surface area contributed by atoms with Gasteiger partial charge in [-0.3, -0.25) is 0 Å². The first-order valence-corrected chi connectivity index (χ1v) is 4.48. The second kappa shape index (κ2) is 4.13.